The number of hydrogen-bond acceptors (Lipinski definition) is 5. The first-order valence-corrected chi connectivity index (χ1v) is 9.77. The molecule has 0 aliphatic rings. The van der Waals surface area contributed by atoms with Crippen LogP contribution in [-0.2, 0) is 6.61 Å². The van der Waals surface area contributed by atoms with Gasteiger partial charge in [0.1, 0.15) is 18.1 Å². The quantitative estimate of drug-likeness (QED) is 0.615. The summed E-state index contributed by atoms with van der Waals surface area (Å²) in [5.41, 5.74) is 2.90. The Hall–Kier alpha value is -3.41. The van der Waals surface area contributed by atoms with Gasteiger partial charge >= 0.3 is 0 Å². The number of aryl methyl sites for hydroxylation is 1. The van der Waals surface area contributed by atoms with E-state index in [1.807, 2.05) is 80.3 Å². The lowest BCUT2D eigenvalue weighted by molar-refractivity contribution is 0.102. The number of carbonyl (C=O) groups excluding carboxylic acids is 1. The standard InChI is InChI=1S/C23H26N4O2/c1-4-27(5-2)23-24-17(3)15-21(26-23)22(28)25-19-11-13-20(14-12-19)29-16-18-9-7-6-8-10-18/h6-15H,4-5,16H2,1-3H3,(H,25,28). The number of hydrogen-bond donors (Lipinski definition) is 1. The number of nitrogens with one attached hydrogen (secondary N) is 1. The molecule has 0 spiro atoms. The van der Waals surface area contributed by atoms with Gasteiger partial charge < -0.3 is 15.0 Å². The van der Waals surface area contributed by atoms with Crippen LogP contribution in [-0.4, -0.2) is 29.0 Å². The average molecular weight is 390 g/mol. The summed E-state index contributed by atoms with van der Waals surface area (Å²) in [6.07, 6.45) is 0. The van der Waals surface area contributed by atoms with E-state index < -0.39 is 0 Å². The molecule has 0 saturated heterocycles. The Bertz CT molecular complexity index is 939. The fourth-order valence-corrected chi connectivity index (χ4v) is 2.89. The third-order valence-electron chi connectivity index (χ3n) is 4.48. The zero-order valence-electron chi connectivity index (χ0n) is 17.1. The van der Waals surface area contributed by atoms with Gasteiger partial charge in [-0.25, -0.2) is 9.97 Å². The number of benzene rings is 2. The molecule has 6 heteroatoms. The molecule has 1 amide bonds. The first-order valence-electron chi connectivity index (χ1n) is 9.77. The maximum atomic E-state index is 12.7. The van der Waals surface area contributed by atoms with Gasteiger partial charge in [-0.15, -0.1) is 0 Å². The van der Waals surface area contributed by atoms with E-state index >= 15 is 0 Å². The van der Waals surface area contributed by atoms with Crippen LogP contribution in [0.3, 0.4) is 0 Å². The summed E-state index contributed by atoms with van der Waals surface area (Å²) < 4.78 is 5.78. The summed E-state index contributed by atoms with van der Waals surface area (Å²) in [4.78, 5) is 23.5. The largest absolute Gasteiger partial charge is 0.489 e. The van der Waals surface area contributed by atoms with Crippen LogP contribution >= 0.6 is 0 Å². The molecule has 3 aromatic rings. The monoisotopic (exact) mass is 390 g/mol. The second-order valence-electron chi connectivity index (χ2n) is 6.62. The molecule has 0 aliphatic carbocycles. The predicted molar refractivity (Wildman–Crippen MR) is 115 cm³/mol. The van der Waals surface area contributed by atoms with Crippen molar-refractivity contribution in [1.82, 2.24) is 9.97 Å². The molecule has 0 fully saturated rings. The number of aromatic nitrogens is 2. The van der Waals surface area contributed by atoms with Gasteiger partial charge in [0.2, 0.25) is 5.95 Å². The van der Waals surface area contributed by atoms with Crippen LogP contribution in [0, 0.1) is 6.92 Å². The minimum atomic E-state index is -0.262. The van der Waals surface area contributed by atoms with Crippen LogP contribution in [0.1, 0.15) is 35.6 Å². The molecule has 0 aliphatic heterocycles. The number of nitrogens with zero attached hydrogens (tertiary/aromatic N) is 3. The summed E-state index contributed by atoms with van der Waals surface area (Å²) in [5.74, 6) is 1.06. The number of carbonyl (C=O) groups is 1. The van der Waals surface area contributed by atoms with Crippen LogP contribution in [0.2, 0.25) is 0 Å². The van der Waals surface area contributed by atoms with Crippen molar-refractivity contribution < 1.29 is 9.53 Å². The SMILES string of the molecule is CCN(CC)c1nc(C)cc(C(=O)Nc2ccc(OCc3ccccc3)cc2)n1. The molecule has 0 bridgehead atoms. The highest BCUT2D eigenvalue weighted by Crippen LogP contribution is 2.18. The molecule has 0 radical (unpaired) electrons. The van der Waals surface area contributed by atoms with E-state index in [4.69, 9.17) is 4.74 Å². The highest BCUT2D eigenvalue weighted by Gasteiger charge is 2.14. The fourth-order valence-electron chi connectivity index (χ4n) is 2.89. The van der Waals surface area contributed by atoms with E-state index in [0.29, 0.717) is 23.9 Å². The number of anilines is 2. The smallest absolute Gasteiger partial charge is 0.274 e. The topological polar surface area (TPSA) is 67.4 Å². The Kier molecular flexibility index (Phi) is 6.79. The van der Waals surface area contributed by atoms with E-state index in [2.05, 4.69) is 15.3 Å². The highest BCUT2D eigenvalue weighted by molar-refractivity contribution is 6.03. The average Bonchev–Trinajstić information content (AvgIpc) is 2.74. The first kappa shape index (κ1) is 20.3. The summed E-state index contributed by atoms with van der Waals surface area (Å²) in [6.45, 7) is 8.01. The Morgan fingerprint density at radius 2 is 1.69 bits per heavy atom. The molecule has 29 heavy (non-hydrogen) atoms. The van der Waals surface area contributed by atoms with Crippen LogP contribution in [0.15, 0.2) is 60.7 Å². The van der Waals surface area contributed by atoms with Crippen LogP contribution in [0.4, 0.5) is 11.6 Å². The molecule has 1 N–H and O–H groups in total. The van der Waals surface area contributed by atoms with Crippen LogP contribution in [0.5, 0.6) is 5.75 Å². The van der Waals surface area contributed by atoms with Gasteiger partial charge in [-0.1, -0.05) is 30.3 Å². The van der Waals surface area contributed by atoms with E-state index in [1.165, 1.54) is 0 Å². The first-order chi connectivity index (χ1) is 14.1. The molecule has 0 atom stereocenters. The summed E-state index contributed by atoms with van der Waals surface area (Å²) in [7, 11) is 0. The van der Waals surface area contributed by atoms with Gasteiger partial charge in [0.15, 0.2) is 0 Å². The third kappa shape index (κ3) is 5.54. The maximum Gasteiger partial charge on any atom is 0.274 e. The summed E-state index contributed by atoms with van der Waals surface area (Å²) >= 11 is 0. The maximum absolute atomic E-state index is 12.7. The van der Waals surface area contributed by atoms with Gasteiger partial charge in [-0.05, 0) is 56.7 Å². The molecule has 0 saturated carbocycles. The second-order valence-corrected chi connectivity index (χ2v) is 6.62. The molecule has 150 valence electrons. The highest BCUT2D eigenvalue weighted by atomic mass is 16.5. The van der Waals surface area contributed by atoms with Gasteiger partial charge in [-0.2, -0.15) is 0 Å². The minimum Gasteiger partial charge on any atom is -0.489 e. The van der Waals surface area contributed by atoms with Gasteiger partial charge in [0.05, 0.1) is 0 Å². The number of ether oxygens (including phenoxy) is 1. The summed E-state index contributed by atoms with van der Waals surface area (Å²) in [5, 5.41) is 2.89. The number of rotatable bonds is 8. The second kappa shape index (κ2) is 9.68. The van der Waals surface area contributed by atoms with Crippen LogP contribution in [0.25, 0.3) is 0 Å². The predicted octanol–water partition coefficient (Wildman–Crippen LogP) is 4.46. The zero-order chi connectivity index (χ0) is 20.6. The molecule has 1 aromatic heterocycles. The van der Waals surface area contributed by atoms with E-state index in [9.17, 15) is 4.79 Å². The van der Waals surface area contributed by atoms with Crippen molar-refractivity contribution in [2.75, 3.05) is 23.3 Å². The fraction of sp³-hybridized carbons (Fsp3) is 0.261. The van der Waals surface area contributed by atoms with E-state index in [0.717, 1.165) is 30.1 Å². The lowest BCUT2D eigenvalue weighted by Gasteiger charge is -2.19. The molecule has 0 unspecified atom stereocenters. The lowest BCUT2D eigenvalue weighted by atomic mass is 10.2. The van der Waals surface area contributed by atoms with Crippen molar-refractivity contribution in [2.45, 2.75) is 27.4 Å². The molecule has 2 aromatic carbocycles. The van der Waals surface area contributed by atoms with Gasteiger partial charge in [0.25, 0.3) is 5.91 Å². The lowest BCUT2D eigenvalue weighted by Crippen LogP contribution is -2.26. The molecule has 6 nitrogen and oxygen atoms in total. The van der Waals surface area contributed by atoms with Crippen molar-refractivity contribution in [2.24, 2.45) is 0 Å². The normalized spacial score (nSPS) is 10.4. The van der Waals surface area contributed by atoms with E-state index in [1.54, 1.807) is 6.07 Å². The molecular weight excluding hydrogens is 364 g/mol. The van der Waals surface area contributed by atoms with Gasteiger partial charge in [0, 0.05) is 24.5 Å². The third-order valence-corrected chi connectivity index (χ3v) is 4.48. The van der Waals surface area contributed by atoms with Crippen molar-refractivity contribution in [3.63, 3.8) is 0 Å². The molecule has 3 rings (SSSR count). The molecular formula is C23H26N4O2. The minimum absolute atomic E-state index is 0.262. The Morgan fingerprint density at radius 1 is 1.00 bits per heavy atom. The molecule has 1 heterocycles. The zero-order valence-corrected chi connectivity index (χ0v) is 17.1. The summed E-state index contributed by atoms with van der Waals surface area (Å²) in [6, 6.07) is 19.0. The van der Waals surface area contributed by atoms with Crippen LogP contribution < -0.4 is 15.0 Å². The van der Waals surface area contributed by atoms with Crippen molar-refractivity contribution in [3.05, 3.63) is 77.6 Å². The Balaban J connectivity index is 1.64. The number of amides is 1. The van der Waals surface area contributed by atoms with Crippen molar-refractivity contribution >= 4 is 17.5 Å². The van der Waals surface area contributed by atoms with Crippen molar-refractivity contribution in [1.29, 1.82) is 0 Å². The van der Waals surface area contributed by atoms with Gasteiger partial charge in [-0.3, -0.25) is 4.79 Å². The van der Waals surface area contributed by atoms with E-state index in [-0.39, 0.29) is 5.91 Å². The Morgan fingerprint density at radius 3 is 2.34 bits per heavy atom. The Labute approximate surface area is 171 Å². The van der Waals surface area contributed by atoms with Crippen molar-refractivity contribution in [3.8, 4) is 5.75 Å².